The molecule has 0 aliphatic heterocycles. The number of nitrogens with zero attached hydrogens (tertiary/aromatic N) is 3. The predicted molar refractivity (Wildman–Crippen MR) is 122 cm³/mol. The van der Waals surface area contributed by atoms with Crippen LogP contribution in [-0.2, 0) is 24.4 Å². The predicted octanol–water partition coefficient (Wildman–Crippen LogP) is 4.28. The maximum absolute atomic E-state index is 12.2. The van der Waals surface area contributed by atoms with Crippen molar-refractivity contribution in [3.8, 4) is 0 Å². The van der Waals surface area contributed by atoms with Gasteiger partial charge in [0.15, 0.2) is 0 Å². The zero-order valence-corrected chi connectivity index (χ0v) is 18.4. The van der Waals surface area contributed by atoms with E-state index in [4.69, 9.17) is 11.6 Å². The lowest BCUT2D eigenvalue weighted by Crippen LogP contribution is -2.20. The Morgan fingerprint density at radius 3 is 2.40 bits per heavy atom. The largest absolute Gasteiger partial charge is 0.348 e. The van der Waals surface area contributed by atoms with Crippen molar-refractivity contribution in [3.63, 3.8) is 0 Å². The average molecular weight is 423 g/mol. The van der Waals surface area contributed by atoms with E-state index in [1.54, 1.807) is 10.8 Å². The summed E-state index contributed by atoms with van der Waals surface area (Å²) in [6.07, 6.45) is 3.23. The van der Waals surface area contributed by atoms with Gasteiger partial charge in [0, 0.05) is 24.7 Å². The van der Waals surface area contributed by atoms with Crippen LogP contribution in [0.3, 0.4) is 0 Å². The van der Waals surface area contributed by atoms with Gasteiger partial charge in [-0.25, -0.2) is 4.68 Å². The van der Waals surface area contributed by atoms with Crippen LogP contribution in [0.15, 0.2) is 60.7 Å². The molecule has 0 unspecified atom stereocenters. The Morgan fingerprint density at radius 2 is 1.73 bits per heavy atom. The third-order valence-electron chi connectivity index (χ3n) is 4.67. The second kappa shape index (κ2) is 10.2. The molecule has 0 saturated carbocycles. The molecular formula is C24H27ClN4O. The third kappa shape index (κ3) is 6.05. The minimum atomic E-state index is -0.168. The van der Waals surface area contributed by atoms with E-state index in [0.29, 0.717) is 18.2 Å². The molecule has 0 aliphatic carbocycles. The minimum Gasteiger partial charge on any atom is -0.348 e. The second-order valence-corrected chi connectivity index (χ2v) is 7.90. The van der Waals surface area contributed by atoms with Gasteiger partial charge in [-0.2, -0.15) is 5.10 Å². The van der Waals surface area contributed by atoms with E-state index in [-0.39, 0.29) is 5.91 Å². The Balaban J connectivity index is 1.58. The SMILES string of the molecule is Cc1nn(Cc2ccccc2)c(Cl)c1/C=C/C(=O)NCc1ccc(CN(C)C)cc1. The van der Waals surface area contributed by atoms with E-state index in [0.717, 1.165) is 28.9 Å². The summed E-state index contributed by atoms with van der Waals surface area (Å²) in [5.41, 5.74) is 4.97. The lowest BCUT2D eigenvalue weighted by Gasteiger charge is -2.10. The number of hydrogen-bond donors (Lipinski definition) is 1. The first kappa shape index (κ1) is 21.8. The van der Waals surface area contributed by atoms with Gasteiger partial charge in [0.2, 0.25) is 5.91 Å². The lowest BCUT2D eigenvalue weighted by molar-refractivity contribution is -0.116. The standard InChI is InChI=1S/C24H27ClN4O/c1-18-22(24(25)29(27-18)17-20-7-5-4-6-8-20)13-14-23(30)26-15-19-9-11-21(12-10-19)16-28(2)3/h4-14H,15-17H2,1-3H3,(H,26,30)/b14-13+. The molecule has 0 saturated heterocycles. The van der Waals surface area contributed by atoms with Crippen molar-refractivity contribution in [2.75, 3.05) is 14.1 Å². The highest BCUT2D eigenvalue weighted by Gasteiger charge is 2.11. The van der Waals surface area contributed by atoms with Crippen molar-refractivity contribution in [2.45, 2.75) is 26.6 Å². The molecule has 1 aromatic heterocycles. The van der Waals surface area contributed by atoms with Crippen molar-refractivity contribution in [1.82, 2.24) is 20.0 Å². The van der Waals surface area contributed by atoms with Crippen LogP contribution in [-0.4, -0.2) is 34.7 Å². The molecule has 1 N–H and O–H groups in total. The maximum Gasteiger partial charge on any atom is 0.244 e. The lowest BCUT2D eigenvalue weighted by atomic mass is 10.1. The van der Waals surface area contributed by atoms with E-state index in [9.17, 15) is 4.79 Å². The van der Waals surface area contributed by atoms with E-state index < -0.39 is 0 Å². The zero-order valence-electron chi connectivity index (χ0n) is 17.6. The van der Waals surface area contributed by atoms with E-state index in [1.165, 1.54) is 11.6 Å². The maximum atomic E-state index is 12.2. The van der Waals surface area contributed by atoms with Gasteiger partial charge in [0.25, 0.3) is 0 Å². The number of carbonyl (C=O) groups is 1. The van der Waals surface area contributed by atoms with Crippen LogP contribution in [0.4, 0.5) is 0 Å². The summed E-state index contributed by atoms with van der Waals surface area (Å²) >= 11 is 6.50. The zero-order chi connectivity index (χ0) is 21.5. The third-order valence-corrected chi connectivity index (χ3v) is 5.07. The Morgan fingerprint density at radius 1 is 1.07 bits per heavy atom. The molecule has 1 amide bonds. The fraction of sp³-hybridized carbons (Fsp3) is 0.250. The number of rotatable bonds is 8. The van der Waals surface area contributed by atoms with Gasteiger partial charge in [-0.15, -0.1) is 0 Å². The minimum absolute atomic E-state index is 0.168. The smallest absolute Gasteiger partial charge is 0.244 e. The number of halogens is 1. The fourth-order valence-corrected chi connectivity index (χ4v) is 3.45. The molecule has 156 valence electrons. The molecule has 0 spiro atoms. The second-order valence-electron chi connectivity index (χ2n) is 7.54. The summed E-state index contributed by atoms with van der Waals surface area (Å²) in [4.78, 5) is 14.4. The van der Waals surface area contributed by atoms with E-state index in [1.807, 2.05) is 63.5 Å². The van der Waals surface area contributed by atoms with Gasteiger partial charge in [-0.1, -0.05) is 66.2 Å². The molecule has 1 heterocycles. The molecule has 0 fully saturated rings. The van der Waals surface area contributed by atoms with Crippen LogP contribution >= 0.6 is 11.6 Å². The first-order valence-electron chi connectivity index (χ1n) is 9.87. The van der Waals surface area contributed by atoms with Crippen molar-refractivity contribution < 1.29 is 4.79 Å². The monoisotopic (exact) mass is 422 g/mol. The van der Waals surface area contributed by atoms with E-state index in [2.05, 4.69) is 27.4 Å². The van der Waals surface area contributed by atoms with Gasteiger partial charge < -0.3 is 10.2 Å². The van der Waals surface area contributed by atoms with Crippen LogP contribution in [0.5, 0.6) is 0 Å². The van der Waals surface area contributed by atoms with Crippen LogP contribution in [0.25, 0.3) is 6.08 Å². The molecule has 0 atom stereocenters. The van der Waals surface area contributed by atoms with Crippen molar-refractivity contribution >= 4 is 23.6 Å². The summed E-state index contributed by atoms with van der Waals surface area (Å²) in [6, 6.07) is 18.3. The van der Waals surface area contributed by atoms with Crippen molar-refractivity contribution in [3.05, 3.63) is 93.8 Å². The number of hydrogen-bond acceptors (Lipinski definition) is 3. The van der Waals surface area contributed by atoms with Crippen molar-refractivity contribution in [2.24, 2.45) is 0 Å². The molecule has 6 heteroatoms. The van der Waals surface area contributed by atoms with Gasteiger partial charge in [0.1, 0.15) is 5.15 Å². The number of nitrogens with one attached hydrogen (secondary N) is 1. The molecule has 0 aliphatic rings. The Bertz CT molecular complexity index is 1010. The average Bonchev–Trinajstić information content (AvgIpc) is 2.99. The summed E-state index contributed by atoms with van der Waals surface area (Å²) in [5.74, 6) is -0.168. The number of aromatic nitrogens is 2. The van der Waals surface area contributed by atoms with Crippen molar-refractivity contribution in [1.29, 1.82) is 0 Å². The Hall–Kier alpha value is -2.89. The van der Waals surface area contributed by atoms with Gasteiger partial charge in [-0.3, -0.25) is 4.79 Å². The van der Waals surface area contributed by atoms with Gasteiger partial charge in [0.05, 0.1) is 12.2 Å². The Labute approximate surface area is 183 Å². The number of carbonyl (C=O) groups excluding carboxylic acids is 1. The van der Waals surface area contributed by atoms with Crippen LogP contribution in [0, 0.1) is 6.92 Å². The summed E-state index contributed by atoms with van der Waals surface area (Å²) in [6.45, 7) is 3.85. The quantitative estimate of drug-likeness (QED) is 0.551. The topological polar surface area (TPSA) is 50.2 Å². The highest BCUT2D eigenvalue weighted by Crippen LogP contribution is 2.22. The molecule has 3 rings (SSSR count). The fourth-order valence-electron chi connectivity index (χ4n) is 3.15. The molecule has 0 radical (unpaired) electrons. The first-order chi connectivity index (χ1) is 14.4. The van der Waals surface area contributed by atoms with Gasteiger partial charge in [-0.05, 0) is 43.8 Å². The van der Waals surface area contributed by atoms with Crippen LogP contribution in [0.1, 0.15) is 27.9 Å². The van der Waals surface area contributed by atoms with E-state index >= 15 is 0 Å². The summed E-state index contributed by atoms with van der Waals surface area (Å²) in [7, 11) is 4.08. The number of benzene rings is 2. The summed E-state index contributed by atoms with van der Waals surface area (Å²) in [5, 5.41) is 7.94. The first-order valence-corrected chi connectivity index (χ1v) is 10.3. The molecular weight excluding hydrogens is 396 g/mol. The summed E-state index contributed by atoms with van der Waals surface area (Å²) < 4.78 is 1.75. The van der Waals surface area contributed by atoms with Crippen LogP contribution in [0.2, 0.25) is 5.15 Å². The highest BCUT2D eigenvalue weighted by molar-refractivity contribution is 6.31. The molecule has 2 aromatic carbocycles. The Kier molecular flexibility index (Phi) is 7.44. The number of amides is 1. The molecule has 3 aromatic rings. The molecule has 5 nitrogen and oxygen atoms in total. The van der Waals surface area contributed by atoms with Crippen LogP contribution < -0.4 is 5.32 Å². The van der Waals surface area contributed by atoms with Gasteiger partial charge >= 0.3 is 0 Å². The number of aryl methyl sites for hydroxylation is 1. The molecule has 30 heavy (non-hydrogen) atoms. The normalized spacial score (nSPS) is 11.4. The highest BCUT2D eigenvalue weighted by atomic mass is 35.5. The molecule has 0 bridgehead atoms.